The monoisotopic (exact) mass is 190 g/mol. The first kappa shape index (κ1) is 9.93. The molecule has 0 spiro atoms. The van der Waals surface area contributed by atoms with Crippen LogP contribution in [0, 0.1) is 0 Å². The summed E-state index contributed by atoms with van der Waals surface area (Å²) in [5, 5.41) is 0. The summed E-state index contributed by atoms with van der Waals surface area (Å²) in [5.41, 5.74) is 0. The molecule has 0 aromatic heterocycles. The predicted octanol–water partition coefficient (Wildman–Crippen LogP) is -0.00730. The lowest BCUT2D eigenvalue weighted by molar-refractivity contribution is 0.185. The van der Waals surface area contributed by atoms with E-state index in [0.717, 1.165) is 6.54 Å². The van der Waals surface area contributed by atoms with Crippen molar-refractivity contribution in [3.8, 4) is 0 Å². The summed E-state index contributed by atoms with van der Waals surface area (Å²) in [6.45, 7) is 4.59. The Morgan fingerprint density at radius 1 is 1.36 bits per heavy atom. The van der Waals surface area contributed by atoms with E-state index >= 15 is 0 Å². The van der Waals surface area contributed by atoms with Crippen LogP contribution in [0.1, 0.15) is 6.92 Å². The molecule has 0 bridgehead atoms. The van der Waals surface area contributed by atoms with E-state index in [1.807, 2.05) is 0 Å². The number of piperazine rings is 1. The Morgan fingerprint density at radius 3 is 2.55 bits per heavy atom. The first-order valence-corrected chi connectivity index (χ1v) is 5.21. The van der Waals surface area contributed by atoms with Crippen molar-refractivity contribution in [1.82, 2.24) is 9.34 Å². The van der Waals surface area contributed by atoms with Crippen molar-refractivity contribution >= 4 is 26.6 Å². The normalized spacial score (nSPS) is 35.9. The lowest BCUT2D eigenvalue weighted by Gasteiger charge is -2.41. The molecule has 0 radical (unpaired) electrons. The van der Waals surface area contributed by atoms with Crippen LogP contribution in [0.15, 0.2) is 0 Å². The Bertz CT molecular complexity index is 136. The van der Waals surface area contributed by atoms with Crippen molar-refractivity contribution in [3.05, 3.63) is 0 Å². The molecule has 1 aliphatic heterocycles. The van der Waals surface area contributed by atoms with Crippen molar-refractivity contribution in [1.29, 1.82) is 0 Å². The quantitative estimate of drug-likeness (QED) is 0.424. The second-order valence-corrected chi connectivity index (χ2v) is 4.63. The molecule has 4 atom stereocenters. The van der Waals surface area contributed by atoms with Gasteiger partial charge in [-0.2, -0.15) is 0 Å². The molecule has 0 amide bonds. The summed E-state index contributed by atoms with van der Waals surface area (Å²) in [5.74, 6) is 0. The number of hydrogen-bond donors (Lipinski definition) is 0. The maximum atomic E-state index is 2.83. The third-order valence-electron chi connectivity index (χ3n) is 2.40. The molecular weight excluding hydrogens is 173 g/mol. The van der Waals surface area contributed by atoms with E-state index in [9.17, 15) is 0 Å². The molecule has 0 aliphatic carbocycles. The zero-order valence-electron chi connectivity index (χ0n) is 7.33. The molecule has 1 aliphatic rings. The van der Waals surface area contributed by atoms with Crippen LogP contribution >= 0.6 is 18.8 Å². The van der Waals surface area contributed by atoms with Gasteiger partial charge in [-0.3, -0.25) is 9.34 Å². The summed E-state index contributed by atoms with van der Waals surface area (Å²) in [6.07, 6.45) is 1.24. The fraction of sp³-hybridized carbons (Fsp3) is 1.00. The minimum atomic E-state index is 0.667. The Labute approximate surface area is 75.0 Å². The number of rotatable bonds is 1. The molecular formula is C6H17BN2P2. The van der Waals surface area contributed by atoms with Crippen LogP contribution in [0.3, 0.4) is 0 Å². The Hall–Kier alpha value is 0.845. The summed E-state index contributed by atoms with van der Waals surface area (Å²) in [6, 6.07) is 1.38. The van der Waals surface area contributed by atoms with E-state index in [-0.39, 0.29) is 0 Å². The lowest BCUT2D eigenvalue weighted by Crippen LogP contribution is -2.49. The van der Waals surface area contributed by atoms with Gasteiger partial charge in [0.2, 0.25) is 0 Å². The fourth-order valence-corrected chi connectivity index (χ4v) is 2.40. The molecule has 0 saturated carbocycles. The third-order valence-corrected chi connectivity index (χ3v) is 3.76. The molecule has 0 aromatic carbocycles. The molecule has 0 N–H and O–H groups in total. The SMILES string of the molecule is BC[C@H]1CN(P)[C@H](C)CN1P. The smallest absolute Gasteiger partial charge is 0.103 e. The maximum absolute atomic E-state index is 2.83. The third kappa shape index (κ3) is 2.39. The van der Waals surface area contributed by atoms with Crippen molar-refractivity contribution in [3.63, 3.8) is 0 Å². The van der Waals surface area contributed by atoms with Gasteiger partial charge in [0.25, 0.3) is 0 Å². The highest BCUT2D eigenvalue weighted by atomic mass is 31.0. The molecule has 5 heteroatoms. The highest BCUT2D eigenvalue weighted by molar-refractivity contribution is 7.14. The van der Waals surface area contributed by atoms with Crippen LogP contribution in [-0.2, 0) is 0 Å². The molecule has 1 rings (SSSR count). The average molecular weight is 190 g/mol. The van der Waals surface area contributed by atoms with E-state index in [1.165, 1.54) is 12.9 Å². The van der Waals surface area contributed by atoms with E-state index in [0.29, 0.717) is 12.1 Å². The minimum Gasteiger partial charge on any atom is -0.282 e. The van der Waals surface area contributed by atoms with Crippen molar-refractivity contribution in [2.24, 2.45) is 0 Å². The zero-order valence-corrected chi connectivity index (χ0v) is 9.63. The highest BCUT2D eigenvalue weighted by Crippen LogP contribution is 2.22. The topological polar surface area (TPSA) is 6.48 Å². The summed E-state index contributed by atoms with van der Waals surface area (Å²) >= 11 is 0. The van der Waals surface area contributed by atoms with Crippen LogP contribution < -0.4 is 0 Å². The molecule has 2 unspecified atom stereocenters. The molecule has 2 nitrogen and oxygen atoms in total. The summed E-state index contributed by atoms with van der Waals surface area (Å²) in [7, 11) is 7.88. The lowest BCUT2D eigenvalue weighted by atomic mass is 9.95. The van der Waals surface area contributed by atoms with E-state index in [4.69, 9.17) is 0 Å². The second-order valence-electron chi connectivity index (χ2n) is 3.30. The first-order chi connectivity index (χ1) is 5.15. The van der Waals surface area contributed by atoms with Gasteiger partial charge in [-0.1, -0.05) is 25.1 Å². The number of hydrogen-bond acceptors (Lipinski definition) is 2. The van der Waals surface area contributed by atoms with Crippen LogP contribution in [0.5, 0.6) is 0 Å². The minimum absolute atomic E-state index is 0.667. The summed E-state index contributed by atoms with van der Waals surface area (Å²) < 4.78 is 4.74. The summed E-state index contributed by atoms with van der Waals surface area (Å²) in [4.78, 5) is 0. The van der Waals surface area contributed by atoms with Gasteiger partial charge in [-0.15, -0.1) is 0 Å². The molecule has 1 heterocycles. The molecule has 1 fully saturated rings. The first-order valence-electron chi connectivity index (χ1n) is 4.17. The van der Waals surface area contributed by atoms with Crippen molar-refractivity contribution in [2.45, 2.75) is 25.3 Å². The van der Waals surface area contributed by atoms with Crippen LogP contribution in [0.25, 0.3) is 0 Å². The van der Waals surface area contributed by atoms with E-state index in [2.05, 4.69) is 42.9 Å². The van der Waals surface area contributed by atoms with Crippen molar-refractivity contribution < 1.29 is 0 Å². The van der Waals surface area contributed by atoms with Crippen LogP contribution in [0.2, 0.25) is 6.32 Å². The van der Waals surface area contributed by atoms with Gasteiger partial charge < -0.3 is 0 Å². The van der Waals surface area contributed by atoms with E-state index < -0.39 is 0 Å². The second kappa shape index (κ2) is 4.19. The van der Waals surface area contributed by atoms with Gasteiger partial charge >= 0.3 is 0 Å². The predicted molar refractivity (Wildman–Crippen MR) is 59.4 cm³/mol. The highest BCUT2D eigenvalue weighted by Gasteiger charge is 2.25. The average Bonchev–Trinajstić information content (AvgIpc) is 1.97. The molecule has 64 valence electrons. The van der Waals surface area contributed by atoms with E-state index in [1.54, 1.807) is 0 Å². The van der Waals surface area contributed by atoms with Gasteiger partial charge in [0.1, 0.15) is 7.85 Å². The maximum Gasteiger partial charge on any atom is 0.103 e. The number of nitrogens with zero attached hydrogens (tertiary/aromatic N) is 2. The van der Waals surface area contributed by atoms with Crippen LogP contribution in [0.4, 0.5) is 0 Å². The Balaban J connectivity index is 2.48. The molecule has 1 saturated heterocycles. The molecule has 11 heavy (non-hydrogen) atoms. The fourth-order valence-electron chi connectivity index (χ4n) is 1.45. The van der Waals surface area contributed by atoms with Gasteiger partial charge in [0.05, 0.1) is 0 Å². The van der Waals surface area contributed by atoms with Crippen molar-refractivity contribution in [2.75, 3.05) is 13.1 Å². The van der Waals surface area contributed by atoms with Gasteiger partial charge in [0, 0.05) is 25.2 Å². The van der Waals surface area contributed by atoms with Crippen LogP contribution in [-0.4, -0.2) is 42.4 Å². The largest absolute Gasteiger partial charge is 0.282 e. The van der Waals surface area contributed by atoms with Gasteiger partial charge in [-0.25, -0.2) is 0 Å². The zero-order chi connectivity index (χ0) is 8.43. The van der Waals surface area contributed by atoms with Gasteiger partial charge in [-0.05, 0) is 6.92 Å². The Morgan fingerprint density at radius 2 is 2.00 bits per heavy atom. The Kier molecular flexibility index (Phi) is 3.78. The van der Waals surface area contributed by atoms with Gasteiger partial charge in [0.15, 0.2) is 0 Å². The standard InChI is InChI=1S/C6H17BN2P2/c1-5-3-9(11)6(2-7)4-8(5)10/h5-6H,2-4,7,10-11H2,1H3/t5-,6+/m1/s1. The molecule has 0 aromatic rings.